The Balaban J connectivity index is 1.72. The van der Waals surface area contributed by atoms with Gasteiger partial charge in [0.1, 0.15) is 6.07 Å². The SMILES string of the molecule is CCC(C(=O)N1CCN(S(=O)(=O)c2ccccc2C#N)CC1)c1ccccc1. The van der Waals surface area contributed by atoms with Gasteiger partial charge >= 0.3 is 0 Å². The van der Waals surface area contributed by atoms with Crippen LogP contribution in [0, 0.1) is 11.3 Å². The molecule has 2 aromatic rings. The second kappa shape index (κ2) is 8.55. The fourth-order valence-electron chi connectivity index (χ4n) is 3.53. The first kappa shape index (κ1) is 20.1. The Hall–Kier alpha value is -2.69. The van der Waals surface area contributed by atoms with Gasteiger partial charge in [0.15, 0.2) is 0 Å². The molecule has 0 aliphatic carbocycles. The van der Waals surface area contributed by atoms with E-state index in [0.717, 1.165) is 5.56 Å². The summed E-state index contributed by atoms with van der Waals surface area (Å²) in [6.07, 6.45) is 0.691. The van der Waals surface area contributed by atoms with E-state index < -0.39 is 10.0 Å². The molecule has 146 valence electrons. The van der Waals surface area contributed by atoms with Gasteiger partial charge < -0.3 is 4.90 Å². The monoisotopic (exact) mass is 397 g/mol. The van der Waals surface area contributed by atoms with Crippen molar-refractivity contribution in [3.05, 3.63) is 65.7 Å². The van der Waals surface area contributed by atoms with Crippen molar-refractivity contribution >= 4 is 15.9 Å². The number of hydrogen-bond donors (Lipinski definition) is 0. The molecule has 1 fully saturated rings. The lowest BCUT2D eigenvalue weighted by Crippen LogP contribution is -2.51. The molecule has 7 heteroatoms. The second-order valence-corrected chi connectivity index (χ2v) is 8.62. The number of amides is 1. The molecule has 1 heterocycles. The van der Waals surface area contributed by atoms with Gasteiger partial charge in [-0.3, -0.25) is 4.79 Å². The zero-order valence-corrected chi connectivity index (χ0v) is 16.6. The van der Waals surface area contributed by atoms with Crippen molar-refractivity contribution in [3.63, 3.8) is 0 Å². The molecule has 0 spiro atoms. The quantitative estimate of drug-likeness (QED) is 0.777. The normalized spacial score (nSPS) is 16.4. The Morgan fingerprint density at radius 2 is 1.64 bits per heavy atom. The number of nitrogens with zero attached hydrogens (tertiary/aromatic N) is 3. The van der Waals surface area contributed by atoms with Crippen LogP contribution in [0.2, 0.25) is 0 Å². The molecule has 28 heavy (non-hydrogen) atoms. The molecule has 1 unspecified atom stereocenters. The minimum Gasteiger partial charge on any atom is -0.340 e. The van der Waals surface area contributed by atoms with E-state index in [0.29, 0.717) is 19.5 Å². The smallest absolute Gasteiger partial charge is 0.244 e. The molecule has 1 atom stereocenters. The second-order valence-electron chi connectivity index (χ2n) is 6.71. The molecular weight excluding hydrogens is 374 g/mol. The number of carbonyl (C=O) groups excluding carboxylic acids is 1. The molecular formula is C21H23N3O3S. The van der Waals surface area contributed by atoms with Crippen LogP contribution < -0.4 is 0 Å². The average Bonchev–Trinajstić information content (AvgIpc) is 2.75. The van der Waals surface area contributed by atoms with Crippen LogP contribution in [0.5, 0.6) is 0 Å². The third-order valence-corrected chi connectivity index (χ3v) is 7.04. The molecule has 1 aliphatic rings. The Bertz CT molecular complexity index is 975. The van der Waals surface area contributed by atoms with Gasteiger partial charge in [0.25, 0.3) is 0 Å². The summed E-state index contributed by atoms with van der Waals surface area (Å²) in [7, 11) is -3.76. The van der Waals surface area contributed by atoms with Crippen molar-refractivity contribution in [1.82, 2.24) is 9.21 Å². The van der Waals surface area contributed by atoms with E-state index in [1.54, 1.807) is 17.0 Å². The van der Waals surface area contributed by atoms with Crippen LogP contribution in [0.15, 0.2) is 59.5 Å². The molecule has 0 aromatic heterocycles. The maximum Gasteiger partial charge on any atom is 0.244 e. The fourth-order valence-corrected chi connectivity index (χ4v) is 5.09. The van der Waals surface area contributed by atoms with Crippen molar-refractivity contribution in [2.45, 2.75) is 24.2 Å². The predicted molar refractivity (Wildman–Crippen MR) is 106 cm³/mol. The number of piperazine rings is 1. The van der Waals surface area contributed by atoms with E-state index in [1.807, 2.05) is 43.3 Å². The standard InChI is InChI=1S/C21H23N3O3S/c1-2-19(17-8-4-3-5-9-17)21(25)23-12-14-24(15-13-23)28(26,27)20-11-7-6-10-18(20)16-22/h3-11,19H,2,12-15H2,1H3. The number of rotatable bonds is 5. The van der Waals surface area contributed by atoms with Crippen LogP contribution in [-0.2, 0) is 14.8 Å². The largest absolute Gasteiger partial charge is 0.340 e. The van der Waals surface area contributed by atoms with Crippen LogP contribution in [0.4, 0.5) is 0 Å². The van der Waals surface area contributed by atoms with E-state index in [-0.39, 0.29) is 35.4 Å². The molecule has 3 rings (SSSR count). The first-order valence-electron chi connectivity index (χ1n) is 9.32. The average molecular weight is 398 g/mol. The summed E-state index contributed by atoms with van der Waals surface area (Å²) in [5.74, 6) is -0.188. The first-order chi connectivity index (χ1) is 13.5. The lowest BCUT2D eigenvalue weighted by molar-refractivity contribution is -0.134. The highest BCUT2D eigenvalue weighted by Crippen LogP contribution is 2.25. The summed E-state index contributed by atoms with van der Waals surface area (Å²) in [6, 6.07) is 17.8. The maximum atomic E-state index is 13.0. The molecule has 0 saturated carbocycles. The Morgan fingerprint density at radius 3 is 2.25 bits per heavy atom. The molecule has 6 nitrogen and oxygen atoms in total. The van der Waals surface area contributed by atoms with Crippen molar-refractivity contribution in [2.75, 3.05) is 26.2 Å². The van der Waals surface area contributed by atoms with Gasteiger partial charge in [-0.2, -0.15) is 9.57 Å². The van der Waals surface area contributed by atoms with Crippen LogP contribution in [0.1, 0.15) is 30.4 Å². The van der Waals surface area contributed by atoms with E-state index >= 15 is 0 Å². The van der Waals surface area contributed by atoms with Crippen LogP contribution >= 0.6 is 0 Å². The van der Waals surface area contributed by atoms with Crippen molar-refractivity contribution < 1.29 is 13.2 Å². The number of hydrogen-bond acceptors (Lipinski definition) is 4. The van der Waals surface area contributed by atoms with E-state index in [1.165, 1.54) is 16.4 Å². The number of benzene rings is 2. The lowest BCUT2D eigenvalue weighted by atomic mass is 9.95. The molecule has 0 N–H and O–H groups in total. The topological polar surface area (TPSA) is 81.5 Å². The molecule has 1 amide bonds. The Labute approximate surface area is 166 Å². The molecule has 1 aliphatic heterocycles. The lowest BCUT2D eigenvalue weighted by Gasteiger charge is -2.35. The van der Waals surface area contributed by atoms with Gasteiger partial charge in [0.05, 0.1) is 16.4 Å². The zero-order valence-electron chi connectivity index (χ0n) is 15.8. The summed E-state index contributed by atoms with van der Waals surface area (Å²) < 4.78 is 27.2. The van der Waals surface area contributed by atoms with Gasteiger partial charge in [-0.25, -0.2) is 8.42 Å². The van der Waals surface area contributed by atoms with Gasteiger partial charge in [0, 0.05) is 26.2 Å². The van der Waals surface area contributed by atoms with E-state index in [9.17, 15) is 18.5 Å². The van der Waals surface area contributed by atoms with Gasteiger partial charge in [0.2, 0.25) is 15.9 Å². The summed E-state index contributed by atoms with van der Waals surface area (Å²) in [5, 5.41) is 9.21. The van der Waals surface area contributed by atoms with Crippen LogP contribution in [0.25, 0.3) is 0 Å². The van der Waals surface area contributed by atoms with E-state index in [2.05, 4.69) is 0 Å². The van der Waals surface area contributed by atoms with Crippen molar-refractivity contribution in [3.8, 4) is 6.07 Å². The third-order valence-electron chi connectivity index (χ3n) is 5.08. The summed E-state index contributed by atoms with van der Waals surface area (Å²) >= 11 is 0. The van der Waals surface area contributed by atoms with Crippen molar-refractivity contribution in [1.29, 1.82) is 5.26 Å². The summed E-state index contributed by atoms with van der Waals surface area (Å²) in [4.78, 5) is 14.7. The van der Waals surface area contributed by atoms with Gasteiger partial charge in [-0.15, -0.1) is 0 Å². The molecule has 1 saturated heterocycles. The highest BCUT2D eigenvalue weighted by Gasteiger charge is 2.33. The summed E-state index contributed by atoms with van der Waals surface area (Å²) in [5.41, 5.74) is 1.11. The highest BCUT2D eigenvalue weighted by molar-refractivity contribution is 7.89. The highest BCUT2D eigenvalue weighted by atomic mass is 32.2. The number of nitriles is 1. The molecule has 2 aromatic carbocycles. The number of carbonyl (C=O) groups is 1. The van der Waals surface area contributed by atoms with Crippen molar-refractivity contribution in [2.24, 2.45) is 0 Å². The van der Waals surface area contributed by atoms with Gasteiger partial charge in [-0.1, -0.05) is 49.4 Å². The maximum absolute atomic E-state index is 13.0. The molecule has 0 radical (unpaired) electrons. The van der Waals surface area contributed by atoms with Crippen LogP contribution in [0.3, 0.4) is 0 Å². The first-order valence-corrected chi connectivity index (χ1v) is 10.8. The minimum atomic E-state index is -3.76. The van der Waals surface area contributed by atoms with Gasteiger partial charge in [-0.05, 0) is 24.1 Å². The van der Waals surface area contributed by atoms with E-state index in [4.69, 9.17) is 0 Å². The number of sulfonamides is 1. The zero-order chi connectivity index (χ0) is 20.1. The fraction of sp³-hybridized carbons (Fsp3) is 0.333. The molecule has 0 bridgehead atoms. The Morgan fingerprint density at radius 1 is 1.04 bits per heavy atom. The predicted octanol–water partition coefficient (Wildman–Crippen LogP) is 2.58. The summed E-state index contributed by atoms with van der Waals surface area (Å²) in [6.45, 7) is 3.11. The van der Waals surface area contributed by atoms with Crippen LogP contribution in [-0.4, -0.2) is 49.7 Å². The minimum absolute atomic E-state index is 0.0213. The third kappa shape index (κ3) is 3.93. The Kier molecular flexibility index (Phi) is 6.12.